The highest BCUT2D eigenvalue weighted by Crippen LogP contribution is 2.60. The van der Waals surface area contributed by atoms with Crippen molar-refractivity contribution in [1.82, 2.24) is 0 Å². The first-order chi connectivity index (χ1) is 7.95. The van der Waals surface area contributed by atoms with E-state index in [0.29, 0.717) is 16.9 Å². The van der Waals surface area contributed by atoms with Gasteiger partial charge in [0.25, 0.3) is 0 Å². The summed E-state index contributed by atoms with van der Waals surface area (Å²) in [6.45, 7) is 11.2. The van der Waals surface area contributed by atoms with Crippen LogP contribution in [0, 0.1) is 10.8 Å². The van der Waals surface area contributed by atoms with Crippen LogP contribution in [0.1, 0.15) is 59.3 Å². The fourth-order valence-electron chi connectivity index (χ4n) is 4.41. The molecule has 1 saturated carbocycles. The summed E-state index contributed by atoms with van der Waals surface area (Å²) in [5.74, 6) is 1.01. The van der Waals surface area contributed by atoms with Crippen LogP contribution in [0.3, 0.4) is 0 Å². The lowest BCUT2D eigenvalue weighted by atomic mass is 9.56. The Bertz CT molecular complexity index is 406. The van der Waals surface area contributed by atoms with E-state index in [1.54, 1.807) is 11.1 Å². The fourth-order valence-corrected chi connectivity index (χ4v) is 4.41. The molecule has 0 spiro atoms. The first kappa shape index (κ1) is 11.4. The SMILES string of the molecule is C=C1CC2(C)CCC3(C)CCCC(C)=C3C2O1. The molecule has 0 bridgehead atoms. The predicted molar refractivity (Wildman–Crippen MR) is 70.6 cm³/mol. The van der Waals surface area contributed by atoms with E-state index >= 15 is 0 Å². The fraction of sp³-hybridized carbons (Fsp3) is 0.750. The quantitative estimate of drug-likeness (QED) is 0.555. The second kappa shape index (κ2) is 3.40. The number of ether oxygens (including phenoxy) is 1. The second-order valence-corrected chi connectivity index (χ2v) is 6.98. The van der Waals surface area contributed by atoms with Crippen LogP contribution in [-0.2, 0) is 4.74 Å². The number of rotatable bonds is 0. The lowest BCUT2D eigenvalue weighted by molar-refractivity contribution is 0.0369. The third kappa shape index (κ3) is 1.51. The highest BCUT2D eigenvalue weighted by molar-refractivity contribution is 5.34. The molecule has 2 fully saturated rings. The van der Waals surface area contributed by atoms with Gasteiger partial charge in [0, 0.05) is 11.8 Å². The summed E-state index contributed by atoms with van der Waals surface area (Å²) < 4.78 is 6.12. The van der Waals surface area contributed by atoms with Gasteiger partial charge in [-0.25, -0.2) is 0 Å². The lowest BCUT2D eigenvalue weighted by Crippen LogP contribution is -2.44. The summed E-state index contributed by atoms with van der Waals surface area (Å²) in [6.07, 6.45) is 8.00. The minimum atomic E-state index is 0.324. The van der Waals surface area contributed by atoms with E-state index < -0.39 is 0 Å². The van der Waals surface area contributed by atoms with Crippen LogP contribution in [-0.4, -0.2) is 6.10 Å². The van der Waals surface area contributed by atoms with Crippen molar-refractivity contribution < 1.29 is 4.74 Å². The van der Waals surface area contributed by atoms with E-state index in [9.17, 15) is 0 Å². The van der Waals surface area contributed by atoms with Gasteiger partial charge >= 0.3 is 0 Å². The molecule has 1 aliphatic heterocycles. The van der Waals surface area contributed by atoms with Crippen LogP contribution < -0.4 is 0 Å². The Balaban J connectivity index is 2.08. The third-order valence-electron chi connectivity index (χ3n) is 5.42. The molecule has 1 heterocycles. The Morgan fingerprint density at radius 1 is 1.24 bits per heavy atom. The molecule has 17 heavy (non-hydrogen) atoms. The molecule has 1 heteroatoms. The zero-order valence-electron chi connectivity index (χ0n) is 11.4. The summed E-state index contributed by atoms with van der Waals surface area (Å²) in [5, 5.41) is 0. The zero-order chi connectivity index (χ0) is 12.3. The van der Waals surface area contributed by atoms with Gasteiger partial charge in [0.2, 0.25) is 0 Å². The van der Waals surface area contributed by atoms with Gasteiger partial charge in [0.1, 0.15) is 6.10 Å². The number of fused-ring (bicyclic) bond motifs is 3. The maximum Gasteiger partial charge on any atom is 0.126 e. The lowest BCUT2D eigenvalue weighted by Gasteiger charge is -2.49. The van der Waals surface area contributed by atoms with Crippen LogP contribution >= 0.6 is 0 Å². The van der Waals surface area contributed by atoms with Crippen molar-refractivity contribution in [2.75, 3.05) is 0 Å². The van der Waals surface area contributed by atoms with E-state index in [1.807, 2.05) is 0 Å². The van der Waals surface area contributed by atoms with Crippen LogP contribution in [0.5, 0.6) is 0 Å². The van der Waals surface area contributed by atoms with E-state index in [0.717, 1.165) is 12.2 Å². The Hall–Kier alpha value is -0.720. The predicted octanol–water partition coefficient (Wildman–Crippen LogP) is 4.60. The summed E-state index contributed by atoms with van der Waals surface area (Å²) in [4.78, 5) is 0. The highest BCUT2D eigenvalue weighted by atomic mass is 16.5. The molecule has 1 nitrogen and oxygen atoms in total. The number of hydrogen-bond acceptors (Lipinski definition) is 1. The average molecular weight is 232 g/mol. The summed E-state index contributed by atoms with van der Waals surface area (Å²) in [5.41, 5.74) is 3.97. The van der Waals surface area contributed by atoms with Gasteiger partial charge in [-0.3, -0.25) is 0 Å². The molecule has 94 valence electrons. The molecule has 2 aliphatic carbocycles. The molecule has 3 atom stereocenters. The second-order valence-electron chi connectivity index (χ2n) is 6.98. The Kier molecular flexibility index (Phi) is 2.27. The van der Waals surface area contributed by atoms with Crippen LogP contribution in [0.4, 0.5) is 0 Å². The molecule has 0 N–H and O–H groups in total. The molecule has 0 radical (unpaired) electrons. The molecule has 3 rings (SSSR count). The van der Waals surface area contributed by atoms with E-state index in [1.165, 1.54) is 32.1 Å². The summed E-state index contributed by atoms with van der Waals surface area (Å²) >= 11 is 0. The smallest absolute Gasteiger partial charge is 0.126 e. The molecule has 3 aliphatic rings. The van der Waals surface area contributed by atoms with Gasteiger partial charge < -0.3 is 4.74 Å². The summed E-state index contributed by atoms with van der Waals surface area (Å²) in [7, 11) is 0. The minimum Gasteiger partial charge on any atom is -0.490 e. The maximum atomic E-state index is 6.12. The molecule has 1 saturated heterocycles. The number of hydrogen-bond donors (Lipinski definition) is 0. The van der Waals surface area contributed by atoms with Crippen molar-refractivity contribution in [3.8, 4) is 0 Å². The van der Waals surface area contributed by atoms with Crippen molar-refractivity contribution in [1.29, 1.82) is 0 Å². The minimum absolute atomic E-state index is 0.324. The van der Waals surface area contributed by atoms with E-state index in [-0.39, 0.29) is 0 Å². The van der Waals surface area contributed by atoms with Crippen LogP contribution in [0.2, 0.25) is 0 Å². The maximum absolute atomic E-state index is 6.12. The molecule has 3 unspecified atom stereocenters. The van der Waals surface area contributed by atoms with Gasteiger partial charge in [0.05, 0.1) is 5.76 Å². The van der Waals surface area contributed by atoms with Crippen molar-refractivity contribution in [2.45, 2.75) is 65.4 Å². The Morgan fingerprint density at radius 3 is 2.76 bits per heavy atom. The molecule has 0 amide bonds. The molecule has 0 aromatic rings. The van der Waals surface area contributed by atoms with Crippen molar-refractivity contribution in [3.63, 3.8) is 0 Å². The Labute approximate surface area is 105 Å². The van der Waals surface area contributed by atoms with Gasteiger partial charge in [-0.1, -0.05) is 26.0 Å². The average Bonchev–Trinajstić information content (AvgIpc) is 2.53. The molecule has 0 aromatic carbocycles. The topological polar surface area (TPSA) is 9.23 Å². The standard InChI is InChI=1S/C16H24O/c1-11-6-5-7-15(3)8-9-16(4)10-12(2)17-14(16)13(11)15/h14H,2,5-10H2,1,3-4H3. The largest absolute Gasteiger partial charge is 0.490 e. The van der Waals surface area contributed by atoms with Gasteiger partial charge in [-0.15, -0.1) is 0 Å². The normalized spacial score (nSPS) is 45.4. The van der Waals surface area contributed by atoms with E-state index in [4.69, 9.17) is 4.74 Å². The number of allylic oxidation sites excluding steroid dienone is 2. The van der Waals surface area contributed by atoms with Crippen LogP contribution in [0.15, 0.2) is 23.5 Å². The Morgan fingerprint density at radius 2 is 2.00 bits per heavy atom. The molecule has 0 aromatic heterocycles. The van der Waals surface area contributed by atoms with Gasteiger partial charge in [-0.05, 0) is 50.0 Å². The molecular formula is C16H24O. The highest BCUT2D eigenvalue weighted by Gasteiger charge is 2.54. The zero-order valence-corrected chi connectivity index (χ0v) is 11.4. The monoisotopic (exact) mass is 232 g/mol. The van der Waals surface area contributed by atoms with Crippen molar-refractivity contribution in [2.24, 2.45) is 10.8 Å². The first-order valence-corrected chi connectivity index (χ1v) is 6.99. The van der Waals surface area contributed by atoms with Crippen LogP contribution in [0.25, 0.3) is 0 Å². The molecular weight excluding hydrogens is 208 g/mol. The van der Waals surface area contributed by atoms with Gasteiger partial charge in [-0.2, -0.15) is 0 Å². The van der Waals surface area contributed by atoms with Crippen molar-refractivity contribution >= 4 is 0 Å². The van der Waals surface area contributed by atoms with Gasteiger partial charge in [0.15, 0.2) is 0 Å². The van der Waals surface area contributed by atoms with Crippen molar-refractivity contribution in [3.05, 3.63) is 23.5 Å². The first-order valence-electron chi connectivity index (χ1n) is 6.99. The third-order valence-corrected chi connectivity index (χ3v) is 5.42. The van der Waals surface area contributed by atoms with E-state index in [2.05, 4.69) is 27.4 Å². The summed E-state index contributed by atoms with van der Waals surface area (Å²) in [6, 6.07) is 0.